The number of hydrogen-bond donors (Lipinski definition) is 0. The predicted octanol–water partition coefficient (Wildman–Crippen LogP) is 2.40. The molecule has 0 fully saturated rings. The molecule has 0 N–H and O–H groups in total. The summed E-state index contributed by atoms with van der Waals surface area (Å²) in [6.45, 7) is 0.248. The van der Waals surface area contributed by atoms with Crippen LogP contribution in [0.5, 0.6) is 5.88 Å². The van der Waals surface area contributed by atoms with Gasteiger partial charge in [-0.1, -0.05) is 0 Å². The van der Waals surface area contributed by atoms with Gasteiger partial charge in [0.1, 0.15) is 17.1 Å². The van der Waals surface area contributed by atoms with Crippen molar-refractivity contribution in [3.05, 3.63) is 59.8 Å². The molecule has 4 aromatic rings. The van der Waals surface area contributed by atoms with Crippen LogP contribution in [-0.2, 0) is 44.2 Å². The Bertz CT molecular complexity index is 1330. The van der Waals surface area contributed by atoms with Crippen molar-refractivity contribution in [1.29, 1.82) is 0 Å². The van der Waals surface area contributed by atoms with Gasteiger partial charge in [0, 0.05) is 30.1 Å². The molecule has 0 saturated carbocycles. The second kappa shape index (κ2) is 9.02. The van der Waals surface area contributed by atoms with Gasteiger partial charge in [0.2, 0.25) is 5.88 Å². The molecule has 0 bridgehead atoms. The van der Waals surface area contributed by atoms with E-state index in [1.165, 1.54) is 19.2 Å². The molecule has 30 heavy (non-hydrogen) atoms. The van der Waals surface area contributed by atoms with Crippen LogP contribution in [0.2, 0.25) is 0 Å². The number of aromatic nitrogens is 4. The zero-order valence-electron chi connectivity index (χ0n) is 15.9. The number of benzene rings is 1. The molecule has 158 valence electrons. The fraction of sp³-hybridized carbons (Fsp3) is 0.211. The van der Waals surface area contributed by atoms with E-state index in [-0.39, 0.29) is 12.3 Å². The van der Waals surface area contributed by atoms with E-state index in [2.05, 4.69) is 21.0 Å². The van der Waals surface area contributed by atoms with Gasteiger partial charge in [0.15, 0.2) is 15.5 Å². The number of imidazole rings is 1. The zero-order chi connectivity index (χ0) is 21.9. The minimum atomic E-state index is -3.33. The number of nitrogens with zero attached hydrogens (tertiary/aromatic N) is 4. The minimum absolute atomic E-state index is 0.242. The molecule has 0 aliphatic carbocycles. The predicted molar refractivity (Wildman–Crippen MR) is 103 cm³/mol. The van der Waals surface area contributed by atoms with Crippen molar-refractivity contribution in [1.82, 2.24) is 19.5 Å². The van der Waals surface area contributed by atoms with Crippen molar-refractivity contribution >= 4 is 31.9 Å². The van der Waals surface area contributed by atoms with Crippen LogP contribution in [0.1, 0.15) is 11.4 Å². The second-order valence-electron chi connectivity index (χ2n) is 6.45. The number of fused-ring (bicyclic) bond motifs is 3. The third-order valence-electron chi connectivity index (χ3n) is 4.26. The van der Waals surface area contributed by atoms with Crippen LogP contribution < -0.4 is 4.74 Å². The molecular weight excluding hydrogens is 590 g/mol. The monoisotopic (exact) mass is 607 g/mol. The zero-order valence-corrected chi connectivity index (χ0v) is 19.3. The Kier molecular flexibility index (Phi) is 6.63. The van der Waals surface area contributed by atoms with Gasteiger partial charge in [-0.3, -0.25) is 0 Å². The van der Waals surface area contributed by atoms with Gasteiger partial charge in [-0.25, -0.2) is 22.8 Å². The van der Waals surface area contributed by atoms with Crippen LogP contribution in [0.4, 0.5) is 4.39 Å². The maximum atomic E-state index is 13.6. The Morgan fingerprint density at radius 1 is 1.23 bits per heavy atom. The molecule has 0 saturated heterocycles. The van der Waals surface area contributed by atoms with Crippen LogP contribution in [0, 0.1) is 11.9 Å². The number of hydrogen-bond acceptors (Lipinski definition) is 7. The molecule has 0 atom stereocenters. The van der Waals surface area contributed by atoms with Gasteiger partial charge >= 0.3 is 22.1 Å². The summed E-state index contributed by atoms with van der Waals surface area (Å²) in [6.07, 6.45) is 2.70. The Morgan fingerprint density at radius 3 is 2.67 bits per heavy atom. The van der Waals surface area contributed by atoms with Crippen molar-refractivity contribution in [3.63, 3.8) is 0 Å². The second-order valence-corrected chi connectivity index (χ2v) is 8.59. The summed E-state index contributed by atoms with van der Waals surface area (Å²) in [5.41, 5.74) is 2.34. The van der Waals surface area contributed by atoms with E-state index in [1.54, 1.807) is 29.0 Å². The summed E-state index contributed by atoms with van der Waals surface area (Å²) in [7, 11) is -1.82. The van der Waals surface area contributed by atoms with E-state index in [4.69, 9.17) is 8.28 Å². The first-order valence-corrected chi connectivity index (χ1v) is 11.6. The number of sulfone groups is 1. The number of ether oxygens (including phenoxy) is 1. The van der Waals surface area contributed by atoms with Gasteiger partial charge in [0.25, 0.3) is 0 Å². The fourth-order valence-electron chi connectivity index (χ4n) is 3.12. The normalized spacial score (nSPS) is 11.3. The van der Waals surface area contributed by atoms with E-state index in [0.29, 0.717) is 57.9 Å². The Hall–Kier alpha value is -2.63. The molecule has 0 unspecified atom stereocenters. The molecule has 0 aliphatic heterocycles. The van der Waals surface area contributed by atoms with Crippen LogP contribution in [0.15, 0.2) is 36.5 Å². The molecule has 0 aliphatic rings. The van der Waals surface area contributed by atoms with Gasteiger partial charge in [0.05, 0.1) is 18.8 Å². The van der Waals surface area contributed by atoms with Crippen LogP contribution in [0.3, 0.4) is 0 Å². The molecule has 4 rings (SSSR count). The first-order chi connectivity index (χ1) is 14.3. The molecule has 0 spiro atoms. The summed E-state index contributed by atoms with van der Waals surface area (Å²) in [5, 5.41) is 0.702. The summed E-state index contributed by atoms with van der Waals surface area (Å²) in [5.74, 6) is 0.0524. The van der Waals surface area contributed by atoms with E-state index < -0.39 is 15.7 Å². The van der Waals surface area contributed by atoms with E-state index in [0.717, 1.165) is 6.26 Å². The number of pyridine rings is 2. The van der Waals surface area contributed by atoms with Crippen LogP contribution in [0.25, 0.3) is 22.1 Å². The Morgan fingerprint density at radius 2 is 2.00 bits per heavy atom. The van der Waals surface area contributed by atoms with Crippen LogP contribution in [-0.4, -0.2) is 41.3 Å². The summed E-state index contributed by atoms with van der Waals surface area (Å²) in [6, 6.07) is 10.5. The number of rotatable bonds is 5. The summed E-state index contributed by atoms with van der Waals surface area (Å²) < 4.78 is 52.6. The van der Waals surface area contributed by atoms with Crippen LogP contribution >= 0.6 is 0 Å². The first-order valence-electron chi connectivity index (χ1n) is 8.51. The average Bonchev–Trinajstić information content (AvgIpc) is 3.04. The molecular formula is C19H16FN4O4OsS-. The van der Waals surface area contributed by atoms with Crippen molar-refractivity contribution < 1.29 is 39.6 Å². The molecule has 0 amide bonds. The Labute approximate surface area is 182 Å². The number of methoxy groups -OCH3 is 1. The number of halogens is 1. The molecule has 11 heteroatoms. The van der Waals surface area contributed by atoms with E-state index in [1.807, 2.05) is 0 Å². The van der Waals surface area contributed by atoms with Gasteiger partial charge in [-0.05, 0) is 6.07 Å². The average molecular weight is 606 g/mol. The standard InChI is InChI=1S/C19H16FN4O3S.O.Os/c1-27-17-7-6-14-18-15(9-21-19(14)23-17)22-16(11-28(2,25)26)24(18)10-12-4-3-5-13(20)8-12;;/h3-4,6-9H,10-11H2,1-2H3;;/q-1;;. The summed E-state index contributed by atoms with van der Waals surface area (Å²) in [4.78, 5) is 13.1. The third-order valence-corrected chi connectivity index (χ3v) is 5.04. The maximum absolute atomic E-state index is 13.6. The molecule has 1 aromatic carbocycles. The quantitative estimate of drug-likeness (QED) is 0.322. The van der Waals surface area contributed by atoms with Gasteiger partial charge in [-0.2, -0.15) is 17.1 Å². The fourth-order valence-corrected chi connectivity index (χ4v) is 3.81. The Balaban J connectivity index is 0.00000124. The SMILES string of the molecule is COc1ccc2c(ncc3nc(CS(C)(=O)=O)n(Cc4cc[c-]c(F)c4)c32)n1.[O]=[Os]. The summed E-state index contributed by atoms with van der Waals surface area (Å²) >= 11 is 0.611. The van der Waals surface area contributed by atoms with Gasteiger partial charge < -0.3 is 9.30 Å². The third kappa shape index (κ3) is 4.74. The van der Waals surface area contributed by atoms with E-state index in [9.17, 15) is 12.8 Å². The topological polar surface area (TPSA) is 104 Å². The van der Waals surface area contributed by atoms with E-state index >= 15 is 0 Å². The molecule has 0 radical (unpaired) electrons. The first kappa shape index (κ1) is 22.1. The van der Waals surface area contributed by atoms with Crippen molar-refractivity contribution in [2.45, 2.75) is 12.3 Å². The van der Waals surface area contributed by atoms with Gasteiger partial charge in [-0.15, -0.1) is 17.7 Å². The molecule has 3 aromatic heterocycles. The molecule has 8 nitrogen and oxygen atoms in total. The molecule has 3 heterocycles. The van der Waals surface area contributed by atoms with Crippen molar-refractivity contribution in [2.24, 2.45) is 0 Å². The van der Waals surface area contributed by atoms with Crippen molar-refractivity contribution in [3.8, 4) is 5.88 Å². The van der Waals surface area contributed by atoms with Crippen molar-refractivity contribution in [2.75, 3.05) is 13.4 Å².